The lowest BCUT2D eigenvalue weighted by Gasteiger charge is -2.36. The fourth-order valence-corrected chi connectivity index (χ4v) is 2.99. The molecule has 0 radical (unpaired) electrons. The zero-order valence-corrected chi connectivity index (χ0v) is 12.8. The third kappa shape index (κ3) is 3.97. The van der Waals surface area contributed by atoms with Gasteiger partial charge in [0.15, 0.2) is 0 Å². The highest BCUT2D eigenvalue weighted by Crippen LogP contribution is 2.24. The summed E-state index contributed by atoms with van der Waals surface area (Å²) in [7, 11) is 0. The van der Waals surface area contributed by atoms with E-state index < -0.39 is 12.0 Å². The molecule has 2 atom stereocenters. The molecule has 0 saturated carbocycles. The number of amides is 1. The van der Waals surface area contributed by atoms with Crippen LogP contribution in [0.15, 0.2) is 24.3 Å². The molecule has 1 aliphatic rings. The van der Waals surface area contributed by atoms with E-state index in [1.807, 2.05) is 25.1 Å². The number of rotatable bonds is 4. The van der Waals surface area contributed by atoms with Gasteiger partial charge in [0, 0.05) is 18.0 Å². The number of benzene rings is 1. The predicted molar refractivity (Wildman–Crippen MR) is 81.3 cm³/mol. The lowest BCUT2D eigenvalue weighted by Crippen LogP contribution is -2.49. The second kappa shape index (κ2) is 6.94. The van der Waals surface area contributed by atoms with Crippen molar-refractivity contribution >= 4 is 23.5 Å². The molecule has 21 heavy (non-hydrogen) atoms. The number of nitrogens with zero attached hydrogens (tertiary/aromatic N) is 1. The van der Waals surface area contributed by atoms with Crippen LogP contribution in [-0.2, 0) is 16.0 Å². The Bertz CT molecular complexity index is 532. The van der Waals surface area contributed by atoms with Gasteiger partial charge in [-0.3, -0.25) is 4.79 Å². The van der Waals surface area contributed by atoms with Crippen LogP contribution < -0.4 is 0 Å². The van der Waals surface area contributed by atoms with Crippen LogP contribution in [0, 0.1) is 5.92 Å². The molecule has 114 valence electrons. The Morgan fingerprint density at radius 1 is 1.38 bits per heavy atom. The molecular weight excluding hydrogens is 290 g/mol. The Labute approximate surface area is 129 Å². The standard InChI is InChI=1S/C16H20ClNO3/c1-11-8-9-18(14(10-11)16(20)21)15(19)7-6-12-4-2-3-5-13(12)17/h2-5,11,14H,6-10H2,1H3,(H,20,21). The van der Waals surface area contributed by atoms with Gasteiger partial charge in [-0.2, -0.15) is 0 Å². The number of hydrogen-bond acceptors (Lipinski definition) is 2. The molecular formula is C16H20ClNO3. The molecule has 1 aromatic rings. The Kier molecular flexibility index (Phi) is 5.23. The number of halogens is 1. The van der Waals surface area contributed by atoms with E-state index in [1.54, 1.807) is 6.07 Å². The number of carboxylic acids is 1. The Morgan fingerprint density at radius 3 is 2.76 bits per heavy atom. The molecule has 0 spiro atoms. The highest BCUT2D eigenvalue weighted by Gasteiger charge is 2.34. The molecule has 1 aliphatic heterocycles. The third-order valence-electron chi connectivity index (χ3n) is 4.04. The van der Waals surface area contributed by atoms with Gasteiger partial charge in [-0.25, -0.2) is 4.79 Å². The third-order valence-corrected chi connectivity index (χ3v) is 4.40. The average molecular weight is 310 g/mol. The average Bonchev–Trinajstić information content (AvgIpc) is 2.46. The van der Waals surface area contributed by atoms with Crippen LogP contribution >= 0.6 is 11.6 Å². The van der Waals surface area contributed by atoms with Crippen molar-refractivity contribution in [3.05, 3.63) is 34.9 Å². The molecule has 1 fully saturated rings. The predicted octanol–water partition coefficient (Wildman–Crippen LogP) is 2.98. The van der Waals surface area contributed by atoms with Gasteiger partial charge in [-0.05, 0) is 36.8 Å². The van der Waals surface area contributed by atoms with E-state index in [0.717, 1.165) is 12.0 Å². The largest absolute Gasteiger partial charge is 0.480 e. The number of carboxylic acid groups (broad SMARTS) is 1. The monoisotopic (exact) mass is 309 g/mol. The Hall–Kier alpha value is -1.55. The van der Waals surface area contributed by atoms with Gasteiger partial charge in [-0.1, -0.05) is 36.7 Å². The van der Waals surface area contributed by atoms with Crippen molar-refractivity contribution in [2.24, 2.45) is 5.92 Å². The van der Waals surface area contributed by atoms with Gasteiger partial charge in [0.05, 0.1) is 0 Å². The normalized spacial score (nSPS) is 22.1. The molecule has 1 N–H and O–H groups in total. The maximum absolute atomic E-state index is 12.3. The smallest absolute Gasteiger partial charge is 0.326 e. The van der Waals surface area contributed by atoms with Crippen molar-refractivity contribution in [3.63, 3.8) is 0 Å². The first kappa shape index (κ1) is 15.8. The van der Waals surface area contributed by atoms with Crippen molar-refractivity contribution in [1.82, 2.24) is 4.90 Å². The molecule has 0 aliphatic carbocycles. The van der Waals surface area contributed by atoms with Gasteiger partial charge in [0.25, 0.3) is 0 Å². The van der Waals surface area contributed by atoms with E-state index in [1.165, 1.54) is 4.90 Å². The van der Waals surface area contributed by atoms with Crippen LogP contribution in [0.4, 0.5) is 0 Å². The van der Waals surface area contributed by atoms with Gasteiger partial charge < -0.3 is 10.0 Å². The molecule has 5 heteroatoms. The number of aryl methyl sites for hydroxylation is 1. The van der Waals surface area contributed by atoms with Crippen molar-refractivity contribution in [2.75, 3.05) is 6.54 Å². The molecule has 2 unspecified atom stereocenters. The molecule has 0 bridgehead atoms. The molecule has 1 saturated heterocycles. The Balaban J connectivity index is 1.99. The Morgan fingerprint density at radius 2 is 2.10 bits per heavy atom. The van der Waals surface area contributed by atoms with Crippen molar-refractivity contribution in [2.45, 2.75) is 38.6 Å². The number of likely N-dealkylation sites (tertiary alicyclic amines) is 1. The summed E-state index contributed by atoms with van der Waals surface area (Å²) in [6.07, 6.45) is 2.23. The molecule has 1 aromatic carbocycles. The van der Waals surface area contributed by atoms with E-state index in [-0.39, 0.29) is 5.91 Å². The summed E-state index contributed by atoms with van der Waals surface area (Å²) in [6.45, 7) is 2.56. The second-order valence-corrected chi connectivity index (χ2v) is 6.07. The first-order valence-corrected chi connectivity index (χ1v) is 7.62. The molecule has 4 nitrogen and oxygen atoms in total. The van der Waals surface area contributed by atoms with Gasteiger partial charge in [-0.15, -0.1) is 0 Å². The zero-order chi connectivity index (χ0) is 15.4. The van der Waals surface area contributed by atoms with E-state index in [2.05, 4.69) is 0 Å². The van der Waals surface area contributed by atoms with Crippen molar-refractivity contribution in [1.29, 1.82) is 0 Å². The van der Waals surface area contributed by atoms with Gasteiger partial charge in [0.2, 0.25) is 5.91 Å². The molecule has 2 rings (SSSR count). The summed E-state index contributed by atoms with van der Waals surface area (Å²) in [5.74, 6) is -0.666. The zero-order valence-electron chi connectivity index (χ0n) is 12.1. The van der Waals surface area contributed by atoms with Crippen molar-refractivity contribution in [3.8, 4) is 0 Å². The number of aliphatic carboxylic acids is 1. The minimum atomic E-state index is -0.910. The number of carbonyl (C=O) groups excluding carboxylic acids is 1. The highest BCUT2D eigenvalue weighted by molar-refractivity contribution is 6.31. The van der Waals surface area contributed by atoms with E-state index in [0.29, 0.717) is 36.7 Å². The summed E-state index contributed by atoms with van der Waals surface area (Å²) in [5.41, 5.74) is 0.921. The number of carbonyl (C=O) groups is 2. The second-order valence-electron chi connectivity index (χ2n) is 5.66. The maximum atomic E-state index is 12.3. The van der Waals surface area contributed by atoms with E-state index in [9.17, 15) is 14.7 Å². The molecule has 1 heterocycles. The topological polar surface area (TPSA) is 57.6 Å². The maximum Gasteiger partial charge on any atom is 0.326 e. The fraction of sp³-hybridized carbons (Fsp3) is 0.500. The summed E-state index contributed by atoms with van der Waals surface area (Å²) in [5, 5.41) is 9.94. The first-order chi connectivity index (χ1) is 9.99. The number of piperidine rings is 1. The lowest BCUT2D eigenvalue weighted by atomic mass is 9.92. The SMILES string of the molecule is CC1CCN(C(=O)CCc2ccccc2Cl)C(C(=O)O)C1. The fourth-order valence-electron chi connectivity index (χ4n) is 2.76. The van der Waals surface area contributed by atoms with Crippen LogP contribution in [0.25, 0.3) is 0 Å². The van der Waals surface area contributed by atoms with Crippen LogP contribution in [-0.4, -0.2) is 34.5 Å². The first-order valence-electron chi connectivity index (χ1n) is 7.24. The summed E-state index contributed by atoms with van der Waals surface area (Å²) >= 11 is 6.07. The minimum Gasteiger partial charge on any atom is -0.480 e. The van der Waals surface area contributed by atoms with Crippen LogP contribution in [0.5, 0.6) is 0 Å². The molecule has 1 amide bonds. The highest BCUT2D eigenvalue weighted by atomic mass is 35.5. The minimum absolute atomic E-state index is 0.103. The van der Waals surface area contributed by atoms with Crippen LogP contribution in [0.1, 0.15) is 31.7 Å². The van der Waals surface area contributed by atoms with Gasteiger partial charge in [0.1, 0.15) is 6.04 Å². The quantitative estimate of drug-likeness (QED) is 0.930. The van der Waals surface area contributed by atoms with E-state index >= 15 is 0 Å². The van der Waals surface area contributed by atoms with Crippen molar-refractivity contribution < 1.29 is 14.7 Å². The number of hydrogen-bond donors (Lipinski definition) is 1. The van der Waals surface area contributed by atoms with Gasteiger partial charge >= 0.3 is 5.97 Å². The van der Waals surface area contributed by atoms with Crippen LogP contribution in [0.3, 0.4) is 0 Å². The lowest BCUT2D eigenvalue weighted by molar-refractivity contribution is -0.153. The summed E-state index contributed by atoms with van der Waals surface area (Å²) in [6, 6.07) is 6.73. The molecule has 0 aromatic heterocycles. The summed E-state index contributed by atoms with van der Waals surface area (Å²) in [4.78, 5) is 25.2. The summed E-state index contributed by atoms with van der Waals surface area (Å²) < 4.78 is 0. The van der Waals surface area contributed by atoms with E-state index in [4.69, 9.17) is 11.6 Å². The van der Waals surface area contributed by atoms with Crippen LogP contribution in [0.2, 0.25) is 5.02 Å².